The highest BCUT2D eigenvalue weighted by atomic mass is 16.2. The number of fused-ring (bicyclic) bond motifs is 1. The number of hydrazone groups is 1. The number of aromatic nitrogens is 2. The lowest BCUT2D eigenvalue weighted by Crippen LogP contribution is -2.29. The highest BCUT2D eigenvalue weighted by Crippen LogP contribution is 2.13. The van der Waals surface area contributed by atoms with Gasteiger partial charge >= 0.3 is 0 Å². The zero-order chi connectivity index (χ0) is 17.0. The van der Waals surface area contributed by atoms with Crippen molar-refractivity contribution in [3.63, 3.8) is 0 Å². The van der Waals surface area contributed by atoms with Crippen LogP contribution in [0.4, 0.5) is 0 Å². The van der Waals surface area contributed by atoms with Crippen LogP contribution in [0.3, 0.4) is 0 Å². The molecule has 1 amide bonds. The second kappa shape index (κ2) is 7.17. The lowest BCUT2D eigenvalue weighted by molar-refractivity contribution is 0.0949. The zero-order valence-electron chi connectivity index (χ0n) is 14.0. The number of benzene rings is 1. The third-order valence-corrected chi connectivity index (χ3v) is 4.04. The molecule has 122 valence electrons. The summed E-state index contributed by atoms with van der Waals surface area (Å²) in [6.07, 6.45) is 0.951. The van der Waals surface area contributed by atoms with Gasteiger partial charge in [0.2, 0.25) is 0 Å². The van der Waals surface area contributed by atoms with Crippen LogP contribution in [0.25, 0.3) is 10.8 Å². The van der Waals surface area contributed by atoms with E-state index in [1.54, 1.807) is 24.3 Å². The summed E-state index contributed by atoms with van der Waals surface area (Å²) < 4.78 is 1.29. The number of nitrogens with one attached hydrogen (secondary N) is 1. The Kier molecular flexibility index (Phi) is 5.26. The summed E-state index contributed by atoms with van der Waals surface area (Å²) in [5.41, 5.74) is 3.42. The van der Waals surface area contributed by atoms with Crippen LogP contribution in [-0.2, 0) is 6.54 Å². The van der Waals surface area contributed by atoms with Crippen LogP contribution in [0.15, 0.2) is 34.2 Å². The SMILES string of the molecule is CC[C@@H](C)/C(C)=N\NC(=O)c1nn(CC)c(=O)c2ccccc12. The number of amides is 1. The van der Waals surface area contributed by atoms with E-state index in [0.29, 0.717) is 23.2 Å². The fraction of sp³-hybridized carbons (Fsp3) is 0.412. The minimum atomic E-state index is -0.411. The molecule has 0 aliphatic rings. The van der Waals surface area contributed by atoms with E-state index in [4.69, 9.17) is 0 Å². The quantitative estimate of drug-likeness (QED) is 0.680. The molecule has 0 radical (unpaired) electrons. The van der Waals surface area contributed by atoms with E-state index in [0.717, 1.165) is 12.1 Å². The molecule has 6 heteroatoms. The van der Waals surface area contributed by atoms with Crippen LogP contribution in [-0.4, -0.2) is 21.4 Å². The summed E-state index contributed by atoms with van der Waals surface area (Å²) in [7, 11) is 0. The van der Waals surface area contributed by atoms with Crippen molar-refractivity contribution in [3.8, 4) is 0 Å². The smallest absolute Gasteiger partial charge is 0.267 e. The van der Waals surface area contributed by atoms with Gasteiger partial charge in [0.05, 0.1) is 5.39 Å². The topological polar surface area (TPSA) is 76.3 Å². The Morgan fingerprint density at radius 3 is 2.57 bits per heavy atom. The van der Waals surface area contributed by atoms with E-state index in [-0.39, 0.29) is 11.3 Å². The first kappa shape index (κ1) is 16.9. The van der Waals surface area contributed by atoms with Crippen LogP contribution in [0.2, 0.25) is 0 Å². The van der Waals surface area contributed by atoms with Crippen molar-refractivity contribution in [2.75, 3.05) is 0 Å². The Bertz CT molecular complexity index is 808. The molecule has 2 aromatic rings. The molecule has 23 heavy (non-hydrogen) atoms. The van der Waals surface area contributed by atoms with Crippen LogP contribution in [0, 0.1) is 5.92 Å². The van der Waals surface area contributed by atoms with Crippen molar-refractivity contribution in [2.45, 2.75) is 40.7 Å². The first-order valence-electron chi connectivity index (χ1n) is 7.83. The molecule has 1 atom stereocenters. The second-order valence-corrected chi connectivity index (χ2v) is 5.52. The summed E-state index contributed by atoms with van der Waals surface area (Å²) in [4.78, 5) is 24.7. The molecule has 0 bridgehead atoms. The van der Waals surface area contributed by atoms with Crippen molar-refractivity contribution in [1.82, 2.24) is 15.2 Å². The molecule has 0 saturated heterocycles. The summed E-state index contributed by atoms with van der Waals surface area (Å²) in [6.45, 7) is 8.22. The van der Waals surface area contributed by atoms with Crippen molar-refractivity contribution in [1.29, 1.82) is 0 Å². The molecule has 2 rings (SSSR count). The molecule has 0 saturated carbocycles. The second-order valence-electron chi connectivity index (χ2n) is 5.52. The van der Waals surface area contributed by atoms with Gasteiger partial charge in [-0.05, 0) is 32.3 Å². The third-order valence-electron chi connectivity index (χ3n) is 4.04. The van der Waals surface area contributed by atoms with Crippen LogP contribution >= 0.6 is 0 Å². The van der Waals surface area contributed by atoms with Gasteiger partial charge in [0.25, 0.3) is 11.5 Å². The average molecular weight is 314 g/mol. The standard InChI is InChI=1S/C17H22N4O2/c1-5-11(3)12(4)18-19-16(22)15-13-9-7-8-10-14(13)17(23)21(6-2)20-15/h7-11H,5-6H2,1-4H3,(H,19,22)/b18-12-/t11-/m1/s1. The molecule has 1 N–H and O–H groups in total. The number of carbonyl (C=O) groups excluding carboxylic acids is 1. The van der Waals surface area contributed by atoms with E-state index in [2.05, 4.69) is 29.5 Å². The van der Waals surface area contributed by atoms with E-state index in [1.165, 1.54) is 4.68 Å². The number of nitrogens with zero attached hydrogens (tertiary/aromatic N) is 3. The van der Waals surface area contributed by atoms with Crippen LogP contribution in [0.5, 0.6) is 0 Å². The zero-order valence-corrected chi connectivity index (χ0v) is 14.0. The van der Waals surface area contributed by atoms with Gasteiger partial charge in [0.1, 0.15) is 0 Å². The molecule has 0 unspecified atom stereocenters. The number of carbonyl (C=O) groups is 1. The molecule has 0 fully saturated rings. The van der Waals surface area contributed by atoms with Crippen LogP contribution < -0.4 is 11.0 Å². The predicted molar refractivity (Wildman–Crippen MR) is 91.7 cm³/mol. The third kappa shape index (κ3) is 3.47. The number of hydrogen-bond acceptors (Lipinski definition) is 4. The summed E-state index contributed by atoms with van der Waals surface area (Å²) in [5, 5.41) is 9.35. The minimum Gasteiger partial charge on any atom is -0.267 e. The van der Waals surface area contributed by atoms with Crippen molar-refractivity contribution >= 4 is 22.4 Å². The molecule has 1 aromatic heterocycles. The van der Waals surface area contributed by atoms with E-state index >= 15 is 0 Å². The summed E-state index contributed by atoms with van der Waals surface area (Å²) in [6, 6.07) is 6.99. The maximum Gasteiger partial charge on any atom is 0.292 e. The van der Waals surface area contributed by atoms with Gasteiger partial charge in [0.15, 0.2) is 5.69 Å². The lowest BCUT2D eigenvalue weighted by Gasteiger charge is -2.10. The largest absolute Gasteiger partial charge is 0.292 e. The van der Waals surface area contributed by atoms with E-state index < -0.39 is 5.91 Å². The Labute approximate surface area is 135 Å². The van der Waals surface area contributed by atoms with Gasteiger partial charge in [-0.1, -0.05) is 32.0 Å². The van der Waals surface area contributed by atoms with Crippen LogP contribution in [0.1, 0.15) is 44.6 Å². The van der Waals surface area contributed by atoms with Gasteiger partial charge in [-0.25, -0.2) is 10.1 Å². The lowest BCUT2D eigenvalue weighted by atomic mass is 10.1. The van der Waals surface area contributed by atoms with Gasteiger partial charge in [-0.15, -0.1) is 0 Å². The normalized spacial score (nSPS) is 13.1. The van der Waals surface area contributed by atoms with Crippen molar-refractivity contribution in [3.05, 3.63) is 40.3 Å². The molecule has 1 aromatic carbocycles. The van der Waals surface area contributed by atoms with Crippen molar-refractivity contribution in [2.24, 2.45) is 11.0 Å². The molecule has 0 spiro atoms. The van der Waals surface area contributed by atoms with Gasteiger partial charge in [-0.3, -0.25) is 9.59 Å². The first-order valence-corrected chi connectivity index (χ1v) is 7.83. The fourth-order valence-corrected chi connectivity index (χ4v) is 2.21. The summed E-state index contributed by atoms with van der Waals surface area (Å²) >= 11 is 0. The van der Waals surface area contributed by atoms with E-state index in [1.807, 2.05) is 13.8 Å². The van der Waals surface area contributed by atoms with E-state index in [9.17, 15) is 9.59 Å². The Morgan fingerprint density at radius 1 is 1.30 bits per heavy atom. The summed E-state index contributed by atoms with van der Waals surface area (Å²) in [5.74, 6) is -0.115. The fourth-order valence-electron chi connectivity index (χ4n) is 2.21. The maximum absolute atomic E-state index is 12.5. The number of aryl methyl sites for hydroxylation is 1. The Balaban J connectivity index is 2.45. The molecule has 6 nitrogen and oxygen atoms in total. The first-order chi connectivity index (χ1) is 11.0. The monoisotopic (exact) mass is 314 g/mol. The maximum atomic E-state index is 12.5. The van der Waals surface area contributed by atoms with Crippen molar-refractivity contribution < 1.29 is 4.79 Å². The predicted octanol–water partition coefficient (Wildman–Crippen LogP) is 2.57. The Hall–Kier alpha value is -2.50. The molecular weight excluding hydrogens is 292 g/mol. The molecule has 1 heterocycles. The highest BCUT2D eigenvalue weighted by molar-refractivity contribution is 6.05. The Morgan fingerprint density at radius 2 is 1.96 bits per heavy atom. The highest BCUT2D eigenvalue weighted by Gasteiger charge is 2.16. The molecule has 0 aliphatic carbocycles. The van der Waals surface area contributed by atoms with Gasteiger partial charge in [0, 0.05) is 17.6 Å². The molecular formula is C17H22N4O2. The number of rotatable bonds is 5. The van der Waals surface area contributed by atoms with Gasteiger partial charge < -0.3 is 0 Å². The molecule has 0 aliphatic heterocycles. The number of hydrogen-bond donors (Lipinski definition) is 1. The van der Waals surface area contributed by atoms with Gasteiger partial charge in [-0.2, -0.15) is 10.2 Å². The average Bonchev–Trinajstić information content (AvgIpc) is 2.59. The minimum absolute atomic E-state index is 0.195.